The Morgan fingerprint density at radius 1 is 1.19 bits per heavy atom. The van der Waals surface area contributed by atoms with Crippen molar-refractivity contribution in [3.8, 4) is 0 Å². The molecule has 2 amide bonds. The Balaban J connectivity index is 2.32. The first kappa shape index (κ1) is 20.6. The third-order valence-electron chi connectivity index (χ3n) is 3.82. The summed E-state index contributed by atoms with van der Waals surface area (Å²) in [5.41, 5.74) is 1.87. The molecule has 0 spiro atoms. The Morgan fingerprint density at radius 3 is 2.52 bits per heavy atom. The largest absolute Gasteiger partial charge is 0.383 e. The van der Waals surface area contributed by atoms with Crippen molar-refractivity contribution in [2.24, 2.45) is 5.92 Å². The van der Waals surface area contributed by atoms with Gasteiger partial charge in [0.1, 0.15) is 5.82 Å². The number of carbonyl (C=O) groups is 1. The highest BCUT2D eigenvalue weighted by Crippen LogP contribution is 2.25. The van der Waals surface area contributed by atoms with Gasteiger partial charge in [0, 0.05) is 32.0 Å². The minimum Gasteiger partial charge on any atom is -0.383 e. The third-order valence-corrected chi connectivity index (χ3v) is 3.82. The first-order valence-corrected chi connectivity index (χ1v) is 9.14. The van der Waals surface area contributed by atoms with E-state index in [1.54, 1.807) is 24.3 Å². The maximum absolute atomic E-state index is 12.9. The van der Waals surface area contributed by atoms with Crippen molar-refractivity contribution in [3.05, 3.63) is 42.1 Å². The Morgan fingerprint density at radius 2 is 1.89 bits per heavy atom. The lowest BCUT2D eigenvalue weighted by molar-refractivity contribution is 0.190. The second-order valence-electron chi connectivity index (χ2n) is 6.99. The van der Waals surface area contributed by atoms with Crippen molar-refractivity contribution in [1.82, 2.24) is 15.3 Å². The zero-order chi connectivity index (χ0) is 19.8. The molecule has 0 aliphatic carbocycles. The molecule has 1 heterocycles. The number of aromatic nitrogens is 2. The van der Waals surface area contributed by atoms with Crippen LogP contribution in [0.4, 0.5) is 22.2 Å². The summed E-state index contributed by atoms with van der Waals surface area (Å²) < 4.78 is 5.13. The van der Waals surface area contributed by atoms with E-state index in [-0.39, 0.29) is 12.1 Å². The molecule has 0 saturated carbocycles. The molecule has 0 bridgehead atoms. The number of aryl methyl sites for hydroxylation is 1. The van der Waals surface area contributed by atoms with Crippen LogP contribution < -0.4 is 15.5 Å². The van der Waals surface area contributed by atoms with Crippen LogP contribution >= 0.6 is 0 Å². The number of nitrogens with one attached hydrogen (secondary N) is 2. The summed E-state index contributed by atoms with van der Waals surface area (Å²) in [7, 11) is 1.65. The molecule has 146 valence electrons. The molecular weight excluding hydrogens is 342 g/mol. The van der Waals surface area contributed by atoms with Gasteiger partial charge >= 0.3 is 6.03 Å². The van der Waals surface area contributed by atoms with Gasteiger partial charge in [-0.25, -0.2) is 14.7 Å². The molecule has 1 aromatic carbocycles. The lowest BCUT2D eigenvalue weighted by Gasteiger charge is -2.23. The Kier molecular flexibility index (Phi) is 7.55. The number of ether oxygens (including phenoxy) is 1. The topological polar surface area (TPSA) is 79.4 Å². The van der Waals surface area contributed by atoms with E-state index < -0.39 is 0 Å². The first-order valence-electron chi connectivity index (χ1n) is 9.14. The van der Waals surface area contributed by atoms with Gasteiger partial charge in [-0.2, -0.15) is 4.98 Å². The van der Waals surface area contributed by atoms with Crippen LogP contribution in [-0.2, 0) is 4.74 Å². The first-order chi connectivity index (χ1) is 12.9. The van der Waals surface area contributed by atoms with Crippen LogP contribution in [0.15, 0.2) is 36.5 Å². The van der Waals surface area contributed by atoms with Crippen molar-refractivity contribution in [2.75, 3.05) is 30.5 Å². The number of rotatable bonds is 8. The highest BCUT2D eigenvalue weighted by molar-refractivity contribution is 5.98. The van der Waals surface area contributed by atoms with Gasteiger partial charge in [0.2, 0.25) is 5.95 Å². The molecule has 0 radical (unpaired) electrons. The van der Waals surface area contributed by atoms with Gasteiger partial charge in [0.15, 0.2) is 0 Å². The van der Waals surface area contributed by atoms with Crippen LogP contribution in [0.3, 0.4) is 0 Å². The molecule has 0 saturated heterocycles. The van der Waals surface area contributed by atoms with E-state index in [4.69, 9.17) is 4.74 Å². The quantitative estimate of drug-likeness (QED) is 0.739. The van der Waals surface area contributed by atoms with Gasteiger partial charge in [0.05, 0.1) is 12.3 Å². The molecular formula is C20H29N5O2. The molecule has 2 rings (SSSR count). The molecule has 2 N–H and O–H groups in total. The standard InChI is InChI=1S/C20H29N5O2/c1-14(2)12-22-20(26)25(17-8-6-15(3)7-9-17)18-10-11-21-19(24-18)23-16(4)13-27-5/h6-11,14,16H,12-13H2,1-5H3,(H,22,26)(H,21,23,24). The van der Waals surface area contributed by atoms with Gasteiger partial charge in [-0.3, -0.25) is 0 Å². The van der Waals surface area contributed by atoms with Crippen molar-refractivity contribution in [3.63, 3.8) is 0 Å². The Bertz CT molecular complexity index is 733. The fraction of sp³-hybridized carbons (Fsp3) is 0.450. The van der Waals surface area contributed by atoms with E-state index in [0.717, 1.165) is 11.3 Å². The van der Waals surface area contributed by atoms with Crippen molar-refractivity contribution in [1.29, 1.82) is 0 Å². The second kappa shape index (κ2) is 9.87. The molecule has 1 aromatic heterocycles. The van der Waals surface area contributed by atoms with Crippen LogP contribution in [0.5, 0.6) is 0 Å². The molecule has 7 nitrogen and oxygen atoms in total. The van der Waals surface area contributed by atoms with Crippen molar-refractivity contribution in [2.45, 2.75) is 33.7 Å². The summed E-state index contributed by atoms with van der Waals surface area (Å²) in [4.78, 5) is 23.2. The van der Waals surface area contributed by atoms with Crippen LogP contribution in [0, 0.1) is 12.8 Å². The van der Waals surface area contributed by atoms with Crippen LogP contribution in [0.1, 0.15) is 26.3 Å². The number of hydrogen-bond acceptors (Lipinski definition) is 5. The minimum absolute atomic E-state index is 0.0489. The normalized spacial score (nSPS) is 11.9. The average molecular weight is 371 g/mol. The van der Waals surface area contributed by atoms with E-state index in [1.807, 2.05) is 38.1 Å². The molecule has 2 aromatic rings. The number of carbonyl (C=O) groups excluding carboxylic acids is 1. The van der Waals surface area contributed by atoms with E-state index in [9.17, 15) is 4.79 Å². The van der Waals surface area contributed by atoms with Crippen molar-refractivity contribution >= 4 is 23.5 Å². The number of anilines is 3. The van der Waals surface area contributed by atoms with E-state index in [1.165, 1.54) is 0 Å². The zero-order valence-corrected chi connectivity index (χ0v) is 16.7. The number of hydrogen-bond donors (Lipinski definition) is 2. The fourth-order valence-corrected chi connectivity index (χ4v) is 2.47. The minimum atomic E-state index is -0.220. The van der Waals surface area contributed by atoms with Crippen LogP contribution in [0.25, 0.3) is 0 Å². The smallest absolute Gasteiger partial charge is 0.327 e. The second-order valence-corrected chi connectivity index (χ2v) is 6.99. The Labute approximate surface area is 161 Å². The number of urea groups is 1. The van der Waals surface area contributed by atoms with Gasteiger partial charge in [0.25, 0.3) is 0 Å². The van der Waals surface area contributed by atoms with E-state index >= 15 is 0 Å². The monoisotopic (exact) mass is 371 g/mol. The van der Waals surface area contributed by atoms with Gasteiger partial charge in [-0.15, -0.1) is 0 Å². The van der Waals surface area contributed by atoms with Gasteiger partial charge in [-0.1, -0.05) is 31.5 Å². The zero-order valence-electron chi connectivity index (χ0n) is 16.7. The summed E-state index contributed by atoms with van der Waals surface area (Å²) in [6.07, 6.45) is 1.64. The lowest BCUT2D eigenvalue weighted by atomic mass is 10.2. The van der Waals surface area contributed by atoms with E-state index in [0.29, 0.717) is 30.8 Å². The summed E-state index contributed by atoms with van der Waals surface area (Å²) in [5.74, 6) is 1.30. The SMILES string of the molecule is COCC(C)Nc1nccc(N(C(=O)NCC(C)C)c2ccc(C)cc2)n1. The van der Waals surface area contributed by atoms with Crippen LogP contribution in [-0.4, -0.2) is 42.3 Å². The average Bonchev–Trinajstić information content (AvgIpc) is 2.62. The molecule has 27 heavy (non-hydrogen) atoms. The van der Waals surface area contributed by atoms with Gasteiger partial charge < -0.3 is 15.4 Å². The molecule has 0 aliphatic rings. The van der Waals surface area contributed by atoms with E-state index in [2.05, 4.69) is 34.4 Å². The number of benzene rings is 1. The number of amides is 2. The molecule has 1 atom stereocenters. The summed E-state index contributed by atoms with van der Waals surface area (Å²) in [6.45, 7) is 9.22. The summed E-state index contributed by atoms with van der Waals surface area (Å²) in [5, 5.41) is 6.14. The predicted octanol–water partition coefficient (Wildman–Crippen LogP) is 3.74. The number of nitrogens with zero attached hydrogens (tertiary/aromatic N) is 3. The lowest BCUT2D eigenvalue weighted by Crippen LogP contribution is -2.39. The third kappa shape index (κ3) is 6.21. The maximum Gasteiger partial charge on any atom is 0.327 e. The molecule has 0 aliphatic heterocycles. The summed E-state index contributed by atoms with van der Waals surface area (Å²) in [6, 6.07) is 9.31. The molecule has 1 unspecified atom stereocenters. The summed E-state index contributed by atoms with van der Waals surface area (Å²) >= 11 is 0. The number of methoxy groups -OCH3 is 1. The maximum atomic E-state index is 12.9. The Hall–Kier alpha value is -2.67. The predicted molar refractivity (Wildman–Crippen MR) is 109 cm³/mol. The van der Waals surface area contributed by atoms with Crippen LogP contribution in [0.2, 0.25) is 0 Å². The highest BCUT2D eigenvalue weighted by atomic mass is 16.5. The fourth-order valence-electron chi connectivity index (χ4n) is 2.47. The van der Waals surface area contributed by atoms with Crippen molar-refractivity contribution < 1.29 is 9.53 Å². The highest BCUT2D eigenvalue weighted by Gasteiger charge is 2.20. The molecule has 7 heteroatoms. The molecule has 0 fully saturated rings. The van der Waals surface area contributed by atoms with Gasteiger partial charge in [-0.05, 0) is 31.9 Å².